The van der Waals surface area contributed by atoms with Gasteiger partial charge in [-0.2, -0.15) is 0 Å². The summed E-state index contributed by atoms with van der Waals surface area (Å²) in [6, 6.07) is 73.4. The Morgan fingerprint density at radius 1 is 0.329 bits per heavy atom. The highest BCUT2D eigenvalue weighted by Gasteiger charge is 2.58. The molecule has 374 valence electrons. The van der Waals surface area contributed by atoms with Gasteiger partial charge in [-0.3, -0.25) is 0 Å². The topological polar surface area (TPSA) is 9.72 Å². The average molecular weight is 986 g/mol. The molecule has 6 aliphatic rings. The Morgan fingerprint density at radius 3 is 1.07 bits per heavy atom. The highest BCUT2D eigenvalue weighted by atomic mass is 15.3. The van der Waals surface area contributed by atoms with Crippen molar-refractivity contribution in [2.75, 3.05) is 14.7 Å². The fourth-order valence-corrected chi connectivity index (χ4v) is 17.6. The Balaban J connectivity index is 0.916. The van der Waals surface area contributed by atoms with Gasteiger partial charge in [0.05, 0.1) is 16.6 Å². The lowest BCUT2D eigenvalue weighted by Gasteiger charge is -2.41. The van der Waals surface area contributed by atoms with Crippen LogP contribution in [0.1, 0.15) is 115 Å². The van der Waals surface area contributed by atoms with Crippen LogP contribution in [0.3, 0.4) is 0 Å². The van der Waals surface area contributed by atoms with Gasteiger partial charge in [0.1, 0.15) is 0 Å². The molecule has 0 saturated heterocycles. The normalized spacial score (nSPS) is 27.9. The van der Waals surface area contributed by atoms with E-state index in [-0.39, 0.29) is 16.6 Å². The molecule has 0 bridgehead atoms. The second-order valence-corrected chi connectivity index (χ2v) is 24.9. The fraction of sp³-hybridized carbons (Fsp3) is 0.288. The smallest absolute Gasteiger partial charge is 0.0518 e. The van der Waals surface area contributed by atoms with Crippen molar-refractivity contribution >= 4 is 66.4 Å². The molecule has 3 heteroatoms. The molecule has 0 spiro atoms. The van der Waals surface area contributed by atoms with Gasteiger partial charge in [-0.25, -0.2) is 0 Å². The first kappa shape index (κ1) is 44.9. The molecule has 9 unspecified atom stereocenters. The van der Waals surface area contributed by atoms with Gasteiger partial charge in [-0.15, -0.1) is 0 Å². The lowest BCUT2D eigenvalue weighted by molar-refractivity contribution is 0.355. The maximum Gasteiger partial charge on any atom is 0.0518 e. The quantitative estimate of drug-likeness (QED) is 0.154. The maximum atomic E-state index is 2.71. The van der Waals surface area contributed by atoms with E-state index in [1.165, 1.54) is 155 Å². The molecular formula is C73H67N3. The van der Waals surface area contributed by atoms with Crippen LogP contribution in [0.4, 0.5) is 34.1 Å². The number of rotatable bonds is 6. The van der Waals surface area contributed by atoms with E-state index in [0.717, 1.165) is 0 Å². The summed E-state index contributed by atoms with van der Waals surface area (Å²) in [7, 11) is 0. The van der Waals surface area contributed by atoms with E-state index in [0.29, 0.717) is 35.5 Å². The number of hydrogen-bond donors (Lipinski definition) is 0. The van der Waals surface area contributed by atoms with Crippen LogP contribution in [0, 0.1) is 17.8 Å². The molecule has 10 aromatic rings. The lowest BCUT2D eigenvalue weighted by Crippen LogP contribution is -2.45. The van der Waals surface area contributed by atoms with Crippen LogP contribution in [-0.4, -0.2) is 16.6 Å². The van der Waals surface area contributed by atoms with E-state index in [4.69, 9.17) is 0 Å². The summed E-state index contributed by atoms with van der Waals surface area (Å²) in [4.78, 5) is 8.11. The van der Waals surface area contributed by atoms with Crippen molar-refractivity contribution in [3.63, 3.8) is 0 Å². The van der Waals surface area contributed by atoms with Crippen molar-refractivity contribution in [2.45, 2.75) is 114 Å². The standard InChI is InChI=1S/C73H67N3/c1-44-22-34-63-60-40-48(27-37-66(60)74(71(44,63)4)51-16-10-7-11-17-51)54-30-25-47-26-31-56-58(49-28-38-67-61(41-49)64-35-23-45(2)72(64,5)75(67)52-18-12-8-13-19-52)43-59(57-33-32-55(54)69(47)70(56)57)50-29-39-68-62(42-50)65-36-24-46(3)73(65,6)76(68)53-20-14-9-15-21-53/h7-21,25-33,37-46,63-65H,22-24,34-36H2,1-6H3. The molecule has 16 rings (SSSR count). The Hall–Kier alpha value is -7.36. The van der Waals surface area contributed by atoms with Gasteiger partial charge in [0.2, 0.25) is 0 Å². The first-order valence-electron chi connectivity index (χ1n) is 28.8. The van der Waals surface area contributed by atoms with Gasteiger partial charge in [0.25, 0.3) is 0 Å². The minimum Gasteiger partial charge on any atom is -0.334 e. The van der Waals surface area contributed by atoms with E-state index in [1.807, 2.05) is 0 Å². The molecule has 0 aromatic heterocycles. The molecule has 76 heavy (non-hydrogen) atoms. The second-order valence-electron chi connectivity index (χ2n) is 24.9. The molecule has 9 atom stereocenters. The van der Waals surface area contributed by atoms with E-state index in [1.54, 1.807) is 0 Å². The van der Waals surface area contributed by atoms with Gasteiger partial charge in [0.15, 0.2) is 0 Å². The summed E-state index contributed by atoms with van der Waals surface area (Å²) in [5, 5.41) is 8.08. The minimum atomic E-state index is 0.0167. The van der Waals surface area contributed by atoms with Gasteiger partial charge < -0.3 is 14.7 Å². The molecular weight excluding hydrogens is 919 g/mol. The molecule has 3 nitrogen and oxygen atoms in total. The third-order valence-corrected chi connectivity index (χ3v) is 21.9. The van der Waals surface area contributed by atoms with Crippen molar-refractivity contribution in [1.82, 2.24) is 0 Å². The average Bonchev–Trinajstić information content (AvgIpc) is 4.42. The van der Waals surface area contributed by atoms with Crippen LogP contribution in [0.15, 0.2) is 188 Å². The fourth-order valence-electron chi connectivity index (χ4n) is 17.6. The van der Waals surface area contributed by atoms with Crippen LogP contribution in [0.2, 0.25) is 0 Å². The number of para-hydroxylation sites is 3. The van der Waals surface area contributed by atoms with Crippen LogP contribution >= 0.6 is 0 Å². The van der Waals surface area contributed by atoms with Crippen LogP contribution in [0.5, 0.6) is 0 Å². The van der Waals surface area contributed by atoms with E-state index >= 15 is 0 Å². The molecule has 0 amide bonds. The van der Waals surface area contributed by atoms with Crippen LogP contribution < -0.4 is 14.7 Å². The first-order valence-corrected chi connectivity index (χ1v) is 28.8. The molecule has 3 fully saturated rings. The zero-order valence-corrected chi connectivity index (χ0v) is 44.9. The Labute approximate surface area is 449 Å². The zero-order chi connectivity index (χ0) is 51.0. The van der Waals surface area contributed by atoms with Crippen molar-refractivity contribution in [3.8, 4) is 33.4 Å². The summed E-state index contributed by atoms with van der Waals surface area (Å²) >= 11 is 0. The predicted octanol–water partition coefficient (Wildman–Crippen LogP) is 19.9. The number of nitrogens with zero attached hydrogens (tertiary/aromatic N) is 3. The van der Waals surface area contributed by atoms with E-state index < -0.39 is 0 Å². The molecule has 0 radical (unpaired) electrons. The van der Waals surface area contributed by atoms with Crippen molar-refractivity contribution in [3.05, 3.63) is 205 Å². The van der Waals surface area contributed by atoms with Crippen LogP contribution in [0.25, 0.3) is 65.7 Å². The van der Waals surface area contributed by atoms with Crippen molar-refractivity contribution in [1.29, 1.82) is 0 Å². The number of anilines is 6. The SMILES string of the molecule is CC1CCC2c3cc(-c4ccc5ccc6c(-c7ccc8c(c7)C7CCC(C)C7(C)N8c7ccccc7)cc(-c7ccc8c(c7)C7CCC(C)C7(C)N8c7ccccc7)c7ccc4c5c67)ccc3N(c3ccccc3)C12C. The maximum absolute atomic E-state index is 2.71. The second kappa shape index (κ2) is 15.9. The summed E-state index contributed by atoms with van der Waals surface area (Å²) in [5.74, 6) is 3.15. The summed E-state index contributed by atoms with van der Waals surface area (Å²) in [6.45, 7) is 15.1. The molecule has 3 aliphatic heterocycles. The van der Waals surface area contributed by atoms with Gasteiger partial charge >= 0.3 is 0 Å². The number of fused-ring (bicyclic) bond motifs is 9. The lowest BCUT2D eigenvalue weighted by atomic mass is 9.80. The number of benzene rings is 10. The van der Waals surface area contributed by atoms with Gasteiger partial charge in [0, 0.05) is 51.9 Å². The first-order chi connectivity index (χ1) is 37.1. The Bertz CT molecular complexity index is 3850. The molecule has 3 heterocycles. The molecule has 0 N–H and O–H groups in total. The Kier molecular flexibility index (Phi) is 9.37. The molecule has 10 aromatic carbocycles. The monoisotopic (exact) mass is 986 g/mol. The largest absolute Gasteiger partial charge is 0.334 e. The Morgan fingerprint density at radius 2 is 0.671 bits per heavy atom. The van der Waals surface area contributed by atoms with Crippen LogP contribution in [-0.2, 0) is 0 Å². The highest BCUT2D eigenvalue weighted by molar-refractivity contribution is 6.30. The molecule has 3 aliphatic carbocycles. The minimum absolute atomic E-state index is 0.0167. The van der Waals surface area contributed by atoms with E-state index in [2.05, 4.69) is 244 Å². The third-order valence-electron chi connectivity index (χ3n) is 21.9. The number of hydrogen-bond acceptors (Lipinski definition) is 3. The summed E-state index contributed by atoms with van der Waals surface area (Å²) in [5.41, 5.74) is 20.6. The van der Waals surface area contributed by atoms with Gasteiger partial charge in [-0.05, 0) is 238 Å². The van der Waals surface area contributed by atoms with Crippen molar-refractivity contribution < 1.29 is 0 Å². The van der Waals surface area contributed by atoms with E-state index in [9.17, 15) is 0 Å². The summed E-state index contributed by atoms with van der Waals surface area (Å²) in [6.07, 6.45) is 7.38. The zero-order valence-electron chi connectivity index (χ0n) is 44.9. The highest BCUT2D eigenvalue weighted by Crippen LogP contribution is 2.65. The third kappa shape index (κ3) is 5.74. The summed E-state index contributed by atoms with van der Waals surface area (Å²) < 4.78 is 0. The molecule has 3 saturated carbocycles. The predicted molar refractivity (Wildman–Crippen MR) is 321 cm³/mol. The van der Waals surface area contributed by atoms with Gasteiger partial charge in [-0.1, -0.05) is 130 Å². The van der Waals surface area contributed by atoms with Crippen molar-refractivity contribution in [2.24, 2.45) is 17.8 Å².